The Kier molecular flexibility index (Phi) is 3.45. The number of alkyl carbamates (subject to hydrolysis) is 1. The van der Waals surface area contributed by atoms with Crippen LogP contribution in [-0.4, -0.2) is 18.2 Å². The third kappa shape index (κ3) is 3.15. The molecule has 1 amide bonds. The van der Waals surface area contributed by atoms with Crippen LogP contribution in [0, 0.1) is 0 Å². The van der Waals surface area contributed by atoms with Crippen molar-refractivity contribution in [1.29, 1.82) is 0 Å². The van der Waals surface area contributed by atoms with Crippen molar-refractivity contribution in [2.75, 3.05) is 11.9 Å². The molecule has 4 heteroatoms. The van der Waals surface area contributed by atoms with Gasteiger partial charge in [-0.1, -0.05) is 18.2 Å². The highest BCUT2D eigenvalue weighted by Crippen LogP contribution is 2.29. The summed E-state index contributed by atoms with van der Waals surface area (Å²) in [4.78, 5) is 11.8. The first kappa shape index (κ1) is 12.7. The largest absolute Gasteiger partial charge is 0.444 e. The minimum absolute atomic E-state index is 0.0253. The average Bonchev–Trinajstić information content (AvgIpc) is 2.27. The fourth-order valence-corrected chi connectivity index (χ4v) is 2.07. The molecule has 1 aliphatic heterocycles. The zero-order chi connectivity index (χ0) is 13.2. The fraction of sp³-hybridized carbons (Fsp3) is 0.500. The van der Waals surface area contributed by atoms with Gasteiger partial charge in [-0.05, 0) is 38.8 Å². The van der Waals surface area contributed by atoms with Gasteiger partial charge < -0.3 is 15.4 Å². The van der Waals surface area contributed by atoms with Crippen molar-refractivity contribution in [2.24, 2.45) is 0 Å². The van der Waals surface area contributed by atoms with E-state index in [9.17, 15) is 4.79 Å². The van der Waals surface area contributed by atoms with Crippen molar-refractivity contribution in [3.8, 4) is 0 Å². The molecule has 0 saturated heterocycles. The second kappa shape index (κ2) is 4.88. The summed E-state index contributed by atoms with van der Waals surface area (Å²) < 4.78 is 5.29. The predicted molar refractivity (Wildman–Crippen MR) is 71.7 cm³/mol. The fourth-order valence-electron chi connectivity index (χ4n) is 2.07. The van der Waals surface area contributed by atoms with E-state index in [1.54, 1.807) is 0 Å². The van der Waals surface area contributed by atoms with E-state index in [2.05, 4.69) is 10.6 Å². The molecule has 0 saturated carbocycles. The molecule has 1 aliphatic rings. The Balaban J connectivity index is 2.05. The SMILES string of the molecule is CC(C)(C)OC(=O)N[C@H]1CCNc2ccccc21. The number of hydrogen-bond donors (Lipinski definition) is 2. The molecule has 0 aromatic heterocycles. The molecule has 2 rings (SSSR count). The Labute approximate surface area is 108 Å². The van der Waals surface area contributed by atoms with Gasteiger partial charge in [0.05, 0.1) is 6.04 Å². The Morgan fingerprint density at radius 2 is 2.11 bits per heavy atom. The summed E-state index contributed by atoms with van der Waals surface area (Å²) in [6.45, 7) is 6.45. The van der Waals surface area contributed by atoms with Gasteiger partial charge in [0.25, 0.3) is 0 Å². The number of ether oxygens (including phenoxy) is 1. The van der Waals surface area contributed by atoms with E-state index in [4.69, 9.17) is 4.74 Å². The molecule has 0 radical (unpaired) electrons. The van der Waals surface area contributed by atoms with Crippen LogP contribution in [-0.2, 0) is 4.74 Å². The molecule has 0 unspecified atom stereocenters. The summed E-state index contributed by atoms with van der Waals surface area (Å²) in [5.41, 5.74) is 1.75. The number of anilines is 1. The van der Waals surface area contributed by atoms with Crippen molar-refractivity contribution in [2.45, 2.75) is 38.8 Å². The average molecular weight is 248 g/mol. The van der Waals surface area contributed by atoms with Gasteiger partial charge in [0.2, 0.25) is 0 Å². The van der Waals surface area contributed by atoms with Gasteiger partial charge in [-0.15, -0.1) is 0 Å². The predicted octanol–water partition coefficient (Wildman–Crippen LogP) is 3.07. The van der Waals surface area contributed by atoms with Crippen molar-refractivity contribution < 1.29 is 9.53 Å². The summed E-state index contributed by atoms with van der Waals surface area (Å²) in [5, 5.41) is 6.25. The van der Waals surface area contributed by atoms with Gasteiger partial charge >= 0.3 is 6.09 Å². The molecule has 1 aromatic carbocycles. The van der Waals surface area contributed by atoms with Gasteiger partial charge in [-0.25, -0.2) is 4.79 Å². The smallest absolute Gasteiger partial charge is 0.408 e. The molecule has 0 bridgehead atoms. The van der Waals surface area contributed by atoms with Gasteiger partial charge in [-0.3, -0.25) is 0 Å². The molecular formula is C14H20N2O2. The molecule has 98 valence electrons. The van der Waals surface area contributed by atoms with Crippen molar-refractivity contribution in [3.63, 3.8) is 0 Å². The molecule has 0 fully saturated rings. The zero-order valence-electron chi connectivity index (χ0n) is 11.1. The monoisotopic (exact) mass is 248 g/mol. The number of hydrogen-bond acceptors (Lipinski definition) is 3. The van der Waals surface area contributed by atoms with E-state index in [1.807, 2.05) is 45.0 Å². The molecule has 0 spiro atoms. The first-order valence-electron chi connectivity index (χ1n) is 6.28. The van der Waals surface area contributed by atoms with Crippen LogP contribution in [0.25, 0.3) is 0 Å². The first-order valence-corrected chi connectivity index (χ1v) is 6.28. The van der Waals surface area contributed by atoms with Gasteiger partial charge in [-0.2, -0.15) is 0 Å². The van der Waals surface area contributed by atoms with Crippen LogP contribution in [0.2, 0.25) is 0 Å². The van der Waals surface area contributed by atoms with E-state index in [-0.39, 0.29) is 12.1 Å². The number of amides is 1. The minimum atomic E-state index is -0.462. The van der Waals surface area contributed by atoms with Crippen LogP contribution >= 0.6 is 0 Å². The van der Waals surface area contributed by atoms with E-state index < -0.39 is 5.60 Å². The van der Waals surface area contributed by atoms with E-state index in [1.165, 1.54) is 0 Å². The molecule has 1 heterocycles. The summed E-state index contributed by atoms with van der Waals surface area (Å²) >= 11 is 0. The summed E-state index contributed by atoms with van der Waals surface area (Å²) in [5.74, 6) is 0. The Morgan fingerprint density at radius 1 is 1.39 bits per heavy atom. The van der Waals surface area contributed by atoms with Crippen LogP contribution < -0.4 is 10.6 Å². The highest BCUT2D eigenvalue weighted by Gasteiger charge is 2.24. The normalized spacial score (nSPS) is 18.5. The summed E-state index contributed by atoms with van der Waals surface area (Å²) in [6.07, 6.45) is 0.514. The number of carbonyl (C=O) groups excluding carboxylic acids is 1. The highest BCUT2D eigenvalue weighted by atomic mass is 16.6. The van der Waals surface area contributed by atoms with Crippen molar-refractivity contribution in [3.05, 3.63) is 29.8 Å². The minimum Gasteiger partial charge on any atom is -0.444 e. The van der Waals surface area contributed by atoms with E-state index in [0.717, 1.165) is 24.2 Å². The summed E-state index contributed by atoms with van der Waals surface area (Å²) in [6, 6.07) is 8.05. The van der Waals surface area contributed by atoms with Gasteiger partial charge in [0, 0.05) is 12.2 Å². The zero-order valence-corrected chi connectivity index (χ0v) is 11.1. The van der Waals surface area contributed by atoms with Crippen LogP contribution in [0.5, 0.6) is 0 Å². The lowest BCUT2D eigenvalue weighted by atomic mass is 9.98. The highest BCUT2D eigenvalue weighted by molar-refractivity contribution is 5.69. The van der Waals surface area contributed by atoms with Crippen LogP contribution in [0.3, 0.4) is 0 Å². The third-order valence-corrected chi connectivity index (χ3v) is 2.78. The summed E-state index contributed by atoms with van der Waals surface area (Å²) in [7, 11) is 0. The number of carbonyl (C=O) groups is 1. The molecule has 4 nitrogen and oxygen atoms in total. The maximum Gasteiger partial charge on any atom is 0.408 e. The van der Waals surface area contributed by atoms with Crippen LogP contribution in [0.15, 0.2) is 24.3 Å². The third-order valence-electron chi connectivity index (χ3n) is 2.78. The molecule has 0 aliphatic carbocycles. The first-order chi connectivity index (χ1) is 8.46. The molecule has 2 N–H and O–H groups in total. The Bertz CT molecular complexity index is 438. The number of fused-ring (bicyclic) bond motifs is 1. The Hall–Kier alpha value is -1.71. The maximum atomic E-state index is 11.8. The van der Waals surface area contributed by atoms with E-state index >= 15 is 0 Å². The molecular weight excluding hydrogens is 228 g/mol. The number of nitrogens with one attached hydrogen (secondary N) is 2. The van der Waals surface area contributed by atoms with Gasteiger partial charge in [0.1, 0.15) is 5.60 Å². The quantitative estimate of drug-likeness (QED) is 0.803. The number of para-hydroxylation sites is 1. The lowest BCUT2D eigenvalue weighted by molar-refractivity contribution is 0.0501. The molecule has 1 aromatic rings. The van der Waals surface area contributed by atoms with Crippen molar-refractivity contribution >= 4 is 11.8 Å². The maximum absolute atomic E-state index is 11.8. The standard InChI is InChI=1S/C14H20N2O2/c1-14(2,3)18-13(17)16-12-8-9-15-11-7-5-4-6-10(11)12/h4-7,12,15H,8-9H2,1-3H3,(H,16,17)/t12-/m0/s1. The topological polar surface area (TPSA) is 50.4 Å². The van der Waals surface area contributed by atoms with Crippen LogP contribution in [0.4, 0.5) is 10.5 Å². The van der Waals surface area contributed by atoms with Crippen molar-refractivity contribution in [1.82, 2.24) is 5.32 Å². The second-order valence-corrected chi connectivity index (χ2v) is 5.50. The van der Waals surface area contributed by atoms with E-state index in [0.29, 0.717) is 0 Å². The number of rotatable bonds is 1. The molecule has 18 heavy (non-hydrogen) atoms. The van der Waals surface area contributed by atoms with Crippen LogP contribution in [0.1, 0.15) is 38.8 Å². The Morgan fingerprint density at radius 3 is 2.83 bits per heavy atom. The van der Waals surface area contributed by atoms with Gasteiger partial charge in [0.15, 0.2) is 0 Å². The molecule has 1 atom stereocenters. The second-order valence-electron chi connectivity index (χ2n) is 5.50. The lowest BCUT2D eigenvalue weighted by Gasteiger charge is -2.28. The number of benzene rings is 1. The lowest BCUT2D eigenvalue weighted by Crippen LogP contribution is -2.37.